The minimum atomic E-state index is -3.48. The van der Waals surface area contributed by atoms with Gasteiger partial charge in [0.15, 0.2) is 0 Å². The van der Waals surface area contributed by atoms with Gasteiger partial charge >= 0.3 is 0 Å². The lowest BCUT2D eigenvalue weighted by molar-refractivity contribution is 0.379. The van der Waals surface area contributed by atoms with Crippen LogP contribution in [0.3, 0.4) is 0 Å². The van der Waals surface area contributed by atoms with Crippen molar-refractivity contribution in [1.82, 2.24) is 4.31 Å². The van der Waals surface area contributed by atoms with E-state index in [4.69, 9.17) is 10.7 Å². The first-order valence-electron chi connectivity index (χ1n) is 3.64. The van der Waals surface area contributed by atoms with E-state index in [9.17, 15) is 8.42 Å². The molecule has 0 N–H and O–H groups in total. The summed E-state index contributed by atoms with van der Waals surface area (Å²) < 4.78 is 23.1. The Bertz CT molecular complexity index is 239. The Hall–Kier alpha value is 0.200. The van der Waals surface area contributed by atoms with Crippen molar-refractivity contribution >= 4 is 19.9 Å². The van der Waals surface area contributed by atoms with Gasteiger partial charge in [0.05, 0.1) is 0 Å². The predicted molar refractivity (Wildman–Crippen MR) is 44.7 cm³/mol. The van der Waals surface area contributed by atoms with Crippen molar-refractivity contribution in [2.24, 2.45) is 5.92 Å². The van der Waals surface area contributed by atoms with Crippen LogP contribution in [0.4, 0.5) is 0 Å². The first-order valence-corrected chi connectivity index (χ1v) is 5.91. The van der Waals surface area contributed by atoms with Crippen molar-refractivity contribution in [2.45, 2.75) is 26.3 Å². The molecule has 5 heteroatoms. The molecule has 2 unspecified atom stereocenters. The van der Waals surface area contributed by atoms with Crippen molar-refractivity contribution in [1.29, 1.82) is 0 Å². The maximum absolute atomic E-state index is 10.9. The van der Waals surface area contributed by atoms with Crippen molar-refractivity contribution in [3.63, 3.8) is 0 Å². The summed E-state index contributed by atoms with van der Waals surface area (Å²) >= 11 is 0. The van der Waals surface area contributed by atoms with Gasteiger partial charge in [-0.3, -0.25) is 0 Å². The molecule has 11 heavy (non-hydrogen) atoms. The van der Waals surface area contributed by atoms with Gasteiger partial charge in [-0.2, -0.15) is 12.7 Å². The van der Waals surface area contributed by atoms with Crippen LogP contribution in [0.25, 0.3) is 0 Å². The molecule has 0 saturated carbocycles. The minimum Gasteiger partial charge on any atom is -0.195 e. The van der Waals surface area contributed by atoms with Crippen LogP contribution in [0.1, 0.15) is 20.3 Å². The van der Waals surface area contributed by atoms with Gasteiger partial charge in [0.25, 0.3) is 9.24 Å². The van der Waals surface area contributed by atoms with Gasteiger partial charge in [-0.15, -0.1) is 0 Å². The molecule has 0 aliphatic carbocycles. The second kappa shape index (κ2) is 2.92. The number of nitrogens with zero attached hydrogens (tertiary/aromatic N) is 1. The molecular formula is C6H12ClNO2S. The van der Waals surface area contributed by atoms with E-state index in [1.165, 1.54) is 4.31 Å². The molecule has 1 saturated heterocycles. The first-order chi connectivity index (χ1) is 4.93. The lowest BCUT2D eigenvalue weighted by Gasteiger charge is -2.18. The molecule has 1 heterocycles. The van der Waals surface area contributed by atoms with Gasteiger partial charge in [0.1, 0.15) is 0 Å². The summed E-state index contributed by atoms with van der Waals surface area (Å²) in [6.45, 7) is 4.48. The Labute approximate surface area is 71.9 Å². The fourth-order valence-electron chi connectivity index (χ4n) is 1.37. The highest BCUT2D eigenvalue weighted by Crippen LogP contribution is 2.27. The second-order valence-electron chi connectivity index (χ2n) is 3.06. The Balaban J connectivity index is 2.78. The average molecular weight is 198 g/mol. The molecule has 3 nitrogen and oxygen atoms in total. The number of hydrogen-bond donors (Lipinski definition) is 0. The summed E-state index contributed by atoms with van der Waals surface area (Å²) in [5.74, 6) is 0.420. The van der Waals surface area contributed by atoms with Crippen molar-refractivity contribution in [3.05, 3.63) is 0 Å². The van der Waals surface area contributed by atoms with E-state index in [0.717, 1.165) is 6.42 Å². The van der Waals surface area contributed by atoms with Crippen molar-refractivity contribution in [2.75, 3.05) is 6.54 Å². The van der Waals surface area contributed by atoms with Gasteiger partial charge in [0, 0.05) is 23.3 Å². The van der Waals surface area contributed by atoms with Crippen molar-refractivity contribution < 1.29 is 8.42 Å². The molecule has 1 fully saturated rings. The number of hydrogen-bond acceptors (Lipinski definition) is 2. The molecule has 0 aromatic heterocycles. The molecule has 1 rings (SSSR count). The van der Waals surface area contributed by atoms with E-state index in [1.54, 1.807) is 0 Å². The lowest BCUT2D eigenvalue weighted by atomic mass is 10.1. The first kappa shape index (κ1) is 9.29. The van der Waals surface area contributed by atoms with Crippen LogP contribution in [0.5, 0.6) is 0 Å². The zero-order valence-corrected chi connectivity index (χ0v) is 8.19. The third-order valence-electron chi connectivity index (χ3n) is 2.36. The molecule has 0 radical (unpaired) electrons. The molecule has 0 aromatic carbocycles. The van der Waals surface area contributed by atoms with E-state index in [-0.39, 0.29) is 6.04 Å². The summed E-state index contributed by atoms with van der Waals surface area (Å²) in [5.41, 5.74) is 0. The number of halogens is 1. The monoisotopic (exact) mass is 197 g/mol. The van der Waals surface area contributed by atoms with Gasteiger partial charge in [-0.25, -0.2) is 0 Å². The second-order valence-corrected chi connectivity index (χ2v) is 5.52. The largest absolute Gasteiger partial charge is 0.300 e. The molecule has 0 aromatic rings. The van der Waals surface area contributed by atoms with E-state index in [0.29, 0.717) is 12.5 Å². The quantitative estimate of drug-likeness (QED) is 0.593. The highest BCUT2D eigenvalue weighted by Gasteiger charge is 2.34. The van der Waals surface area contributed by atoms with E-state index in [2.05, 4.69) is 0 Å². The summed E-state index contributed by atoms with van der Waals surface area (Å²) in [5, 5.41) is 0. The van der Waals surface area contributed by atoms with Gasteiger partial charge in [-0.1, -0.05) is 6.92 Å². The van der Waals surface area contributed by atoms with Gasteiger partial charge in [-0.05, 0) is 19.3 Å². The molecule has 2 atom stereocenters. The Morgan fingerprint density at radius 2 is 2.00 bits per heavy atom. The number of rotatable bonds is 1. The van der Waals surface area contributed by atoms with Crippen LogP contribution in [0.15, 0.2) is 0 Å². The molecule has 0 bridgehead atoms. The van der Waals surface area contributed by atoms with Gasteiger partial charge in [0.2, 0.25) is 0 Å². The maximum Gasteiger partial charge on any atom is 0.300 e. The van der Waals surface area contributed by atoms with E-state index >= 15 is 0 Å². The standard InChI is InChI=1S/C6H12ClNO2S/c1-5-3-4-8(6(5)2)11(7,9)10/h5-6H,3-4H2,1-2H3. The van der Waals surface area contributed by atoms with Crippen LogP contribution in [-0.2, 0) is 9.24 Å². The SMILES string of the molecule is CC1CCN(S(=O)(=O)Cl)C1C. The molecule has 1 aliphatic rings. The molecule has 0 amide bonds. The minimum absolute atomic E-state index is 0.0532. The molecular weight excluding hydrogens is 186 g/mol. The topological polar surface area (TPSA) is 37.4 Å². The normalized spacial score (nSPS) is 34.5. The van der Waals surface area contributed by atoms with Crippen LogP contribution >= 0.6 is 10.7 Å². The highest BCUT2D eigenvalue weighted by molar-refractivity contribution is 8.11. The van der Waals surface area contributed by atoms with Crippen molar-refractivity contribution in [3.8, 4) is 0 Å². The van der Waals surface area contributed by atoms with Crippen LogP contribution in [0, 0.1) is 5.92 Å². The molecule has 1 aliphatic heterocycles. The fourth-order valence-corrected chi connectivity index (χ4v) is 2.88. The lowest BCUT2D eigenvalue weighted by Crippen LogP contribution is -2.32. The maximum atomic E-state index is 10.9. The molecule has 66 valence electrons. The summed E-state index contributed by atoms with van der Waals surface area (Å²) in [6.07, 6.45) is 0.910. The van der Waals surface area contributed by atoms with E-state index in [1.807, 2.05) is 13.8 Å². The summed E-state index contributed by atoms with van der Waals surface area (Å²) in [4.78, 5) is 0. The predicted octanol–water partition coefficient (Wildman–Crippen LogP) is 1.20. The Morgan fingerprint density at radius 1 is 1.45 bits per heavy atom. The highest BCUT2D eigenvalue weighted by atomic mass is 35.7. The smallest absolute Gasteiger partial charge is 0.195 e. The van der Waals surface area contributed by atoms with Crippen LogP contribution in [-0.4, -0.2) is 25.3 Å². The summed E-state index contributed by atoms with van der Waals surface area (Å²) in [7, 11) is 1.72. The summed E-state index contributed by atoms with van der Waals surface area (Å²) in [6, 6.07) is 0.0532. The Kier molecular flexibility index (Phi) is 2.46. The van der Waals surface area contributed by atoms with Crippen LogP contribution < -0.4 is 0 Å². The van der Waals surface area contributed by atoms with Crippen LogP contribution in [0.2, 0.25) is 0 Å². The zero-order chi connectivity index (χ0) is 8.65. The third-order valence-corrected chi connectivity index (χ3v) is 3.97. The van der Waals surface area contributed by atoms with E-state index < -0.39 is 9.24 Å². The molecule has 0 spiro atoms. The average Bonchev–Trinajstić information content (AvgIpc) is 2.11. The zero-order valence-electron chi connectivity index (χ0n) is 6.62. The van der Waals surface area contributed by atoms with Gasteiger partial charge < -0.3 is 0 Å². The fraction of sp³-hybridized carbons (Fsp3) is 1.00. The Morgan fingerprint density at radius 3 is 2.18 bits per heavy atom. The third kappa shape index (κ3) is 1.86.